The predicted octanol–water partition coefficient (Wildman–Crippen LogP) is 4.83. The molecule has 0 rings (SSSR count). The first kappa shape index (κ1) is 13.7. The zero-order valence-corrected chi connectivity index (χ0v) is 10.1. The molecular weight excluding hydrogens is 180 g/mol. The molecule has 0 aromatic carbocycles. The predicted molar refractivity (Wildman–Crippen MR) is 70.8 cm³/mol. The van der Waals surface area contributed by atoms with Gasteiger partial charge in [-0.2, -0.15) is 0 Å². The molecule has 0 bridgehead atoms. The molecule has 15 heavy (non-hydrogen) atoms. The second kappa shape index (κ2) is 7.05. The molecule has 0 heterocycles. The fourth-order valence-corrected chi connectivity index (χ4v) is 1.23. The highest BCUT2D eigenvalue weighted by atomic mass is 14.1. The summed E-state index contributed by atoms with van der Waals surface area (Å²) < 4.78 is 0. The van der Waals surface area contributed by atoms with E-state index in [1.165, 1.54) is 5.57 Å². The van der Waals surface area contributed by atoms with Gasteiger partial charge in [-0.25, -0.2) is 0 Å². The molecule has 82 valence electrons. The van der Waals surface area contributed by atoms with Crippen molar-refractivity contribution in [3.05, 3.63) is 61.3 Å². The summed E-state index contributed by atoms with van der Waals surface area (Å²) in [6.45, 7) is 19.5. The molecule has 0 nitrogen and oxygen atoms in total. The summed E-state index contributed by atoms with van der Waals surface area (Å²) in [5, 5.41) is 0. The fourth-order valence-electron chi connectivity index (χ4n) is 1.23. The summed E-state index contributed by atoms with van der Waals surface area (Å²) in [4.78, 5) is 0. The van der Waals surface area contributed by atoms with Crippen molar-refractivity contribution in [1.29, 1.82) is 0 Å². The average Bonchev–Trinajstić information content (AvgIpc) is 2.16. The van der Waals surface area contributed by atoms with Crippen molar-refractivity contribution in [2.75, 3.05) is 0 Å². The second-order valence-corrected chi connectivity index (χ2v) is 4.06. The molecule has 0 aromatic rings. The molecule has 0 spiro atoms. The van der Waals surface area contributed by atoms with Crippen molar-refractivity contribution in [3.63, 3.8) is 0 Å². The molecule has 0 saturated heterocycles. The minimum absolute atomic E-state index is 0.415. The van der Waals surface area contributed by atoms with Crippen molar-refractivity contribution >= 4 is 0 Å². The van der Waals surface area contributed by atoms with Crippen LogP contribution in [0.1, 0.15) is 26.7 Å². The lowest BCUT2D eigenvalue weighted by molar-refractivity contribution is 0.677. The Kier molecular flexibility index (Phi) is 6.44. The number of hydrogen-bond donors (Lipinski definition) is 0. The van der Waals surface area contributed by atoms with Gasteiger partial charge in [0.15, 0.2) is 0 Å². The van der Waals surface area contributed by atoms with E-state index in [1.54, 1.807) is 0 Å². The van der Waals surface area contributed by atoms with E-state index in [9.17, 15) is 0 Å². The zero-order valence-electron chi connectivity index (χ0n) is 10.1. The maximum atomic E-state index is 4.00. The first-order valence-corrected chi connectivity index (χ1v) is 5.26. The number of rotatable bonds is 7. The first-order chi connectivity index (χ1) is 6.97. The third kappa shape index (κ3) is 6.73. The van der Waals surface area contributed by atoms with E-state index in [0.717, 1.165) is 24.0 Å². The van der Waals surface area contributed by atoms with Crippen LogP contribution < -0.4 is 0 Å². The molecule has 1 atom stereocenters. The van der Waals surface area contributed by atoms with Crippen molar-refractivity contribution in [1.82, 2.24) is 0 Å². The molecule has 0 aliphatic heterocycles. The van der Waals surface area contributed by atoms with Gasteiger partial charge in [0, 0.05) is 0 Å². The Hall–Kier alpha value is -1.30. The van der Waals surface area contributed by atoms with Gasteiger partial charge in [-0.1, -0.05) is 61.3 Å². The minimum Gasteiger partial charge on any atom is -0.0995 e. The topological polar surface area (TPSA) is 0 Å². The quantitative estimate of drug-likeness (QED) is 0.409. The number of hydrogen-bond acceptors (Lipinski definition) is 0. The Bertz CT molecular complexity index is 289. The van der Waals surface area contributed by atoms with Crippen LogP contribution in [0.3, 0.4) is 0 Å². The van der Waals surface area contributed by atoms with Crippen molar-refractivity contribution < 1.29 is 0 Å². The molecule has 0 fully saturated rings. The SMILES string of the molecule is C=CC(=C)CCC(/C=C\C(=C)C)C(=C)C. The van der Waals surface area contributed by atoms with Crippen molar-refractivity contribution in [3.8, 4) is 0 Å². The number of allylic oxidation sites excluding steroid dienone is 6. The third-order valence-electron chi connectivity index (χ3n) is 2.31. The highest BCUT2D eigenvalue weighted by molar-refractivity contribution is 5.18. The van der Waals surface area contributed by atoms with Crippen LogP contribution in [0, 0.1) is 5.92 Å². The zero-order chi connectivity index (χ0) is 11.8. The molecule has 0 aromatic heterocycles. The third-order valence-corrected chi connectivity index (χ3v) is 2.31. The van der Waals surface area contributed by atoms with E-state index >= 15 is 0 Å². The van der Waals surface area contributed by atoms with Crippen molar-refractivity contribution in [2.45, 2.75) is 26.7 Å². The lowest BCUT2D eigenvalue weighted by atomic mass is 9.93. The minimum atomic E-state index is 0.415. The van der Waals surface area contributed by atoms with Crippen LogP contribution in [-0.2, 0) is 0 Å². The van der Waals surface area contributed by atoms with Crippen LogP contribution >= 0.6 is 0 Å². The van der Waals surface area contributed by atoms with E-state index in [0.29, 0.717) is 5.92 Å². The Labute approximate surface area is 94.4 Å². The van der Waals surface area contributed by atoms with E-state index in [2.05, 4.69) is 45.4 Å². The standard InChI is InChI=1S/C15H22/c1-7-14(6)9-11-15(13(4)5)10-8-12(2)3/h7-8,10,15H,1-2,4,6,9,11H2,3,5H3/b10-8-. The van der Waals surface area contributed by atoms with Gasteiger partial charge in [0.25, 0.3) is 0 Å². The monoisotopic (exact) mass is 202 g/mol. The van der Waals surface area contributed by atoms with Crippen molar-refractivity contribution in [2.24, 2.45) is 5.92 Å². The Morgan fingerprint density at radius 3 is 2.20 bits per heavy atom. The second-order valence-electron chi connectivity index (χ2n) is 4.06. The average molecular weight is 202 g/mol. The lowest BCUT2D eigenvalue weighted by Crippen LogP contribution is -1.98. The lowest BCUT2D eigenvalue weighted by Gasteiger charge is -2.12. The maximum Gasteiger partial charge on any atom is -0.00224 e. The maximum absolute atomic E-state index is 4.00. The molecule has 0 N–H and O–H groups in total. The van der Waals surface area contributed by atoms with Crippen LogP contribution in [0.5, 0.6) is 0 Å². The molecule has 0 aliphatic rings. The van der Waals surface area contributed by atoms with Gasteiger partial charge in [-0.3, -0.25) is 0 Å². The first-order valence-electron chi connectivity index (χ1n) is 5.26. The largest absolute Gasteiger partial charge is 0.0995 e. The van der Waals surface area contributed by atoms with Gasteiger partial charge in [0.05, 0.1) is 0 Å². The van der Waals surface area contributed by atoms with Gasteiger partial charge >= 0.3 is 0 Å². The molecule has 0 heteroatoms. The fraction of sp³-hybridized carbons (Fsp3) is 0.333. The van der Waals surface area contributed by atoms with Gasteiger partial charge in [-0.15, -0.1) is 0 Å². The molecule has 0 aliphatic carbocycles. The van der Waals surface area contributed by atoms with Gasteiger partial charge < -0.3 is 0 Å². The summed E-state index contributed by atoms with van der Waals surface area (Å²) in [5.41, 5.74) is 3.35. The van der Waals surface area contributed by atoms with Crippen LogP contribution in [0.25, 0.3) is 0 Å². The molecule has 0 saturated carbocycles. The summed E-state index contributed by atoms with van der Waals surface area (Å²) in [7, 11) is 0. The van der Waals surface area contributed by atoms with Gasteiger partial charge in [0.2, 0.25) is 0 Å². The summed E-state index contributed by atoms with van der Waals surface area (Å²) in [6.07, 6.45) is 8.06. The van der Waals surface area contributed by atoms with E-state index in [-0.39, 0.29) is 0 Å². The highest BCUT2D eigenvalue weighted by Gasteiger charge is 2.05. The van der Waals surface area contributed by atoms with E-state index in [1.807, 2.05) is 13.0 Å². The van der Waals surface area contributed by atoms with Crippen LogP contribution in [0.15, 0.2) is 61.3 Å². The molecular formula is C15H22. The van der Waals surface area contributed by atoms with Crippen LogP contribution in [0.4, 0.5) is 0 Å². The Balaban J connectivity index is 4.29. The van der Waals surface area contributed by atoms with Crippen LogP contribution in [0.2, 0.25) is 0 Å². The van der Waals surface area contributed by atoms with Crippen LogP contribution in [-0.4, -0.2) is 0 Å². The summed E-state index contributed by atoms with van der Waals surface area (Å²) >= 11 is 0. The van der Waals surface area contributed by atoms with Gasteiger partial charge in [0.1, 0.15) is 0 Å². The molecule has 0 amide bonds. The normalized spacial score (nSPS) is 12.4. The van der Waals surface area contributed by atoms with Gasteiger partial charge in [-0.05, 0) is 32.6 Å². The summed E-state index contributed by atoms with van der Waals surface area (Å²) in [6, 6.07) is 0. The Morgan fingerprint density at radius 2 is 1.80 bits per heavy atom. The molecule has 0 radical (unpaired) electrons. The molecule has 1 unspecified atom stereocenters. The Morgan fingerprint density at radius 1 is 1.20 bits per heavy atom. The van der Waals surface area contributed by atoms with E-state index in [4.69, 9.17) is 0 Å². The highest BCUT2D eigenvalue weighted by Crippen LogP contribution is 2.20. The van der Waals surface area contributed by atoms with E-state index < -0.39 is 0 Å². The summed E-state index contributed by atoms with van der Waals surface area (Å²) in [5.74, 6) is 0.415. The smallest absolute Gasteiger partial charge is 0.00224 e.